The van der Waals surface area contributed by atoms with E-state index in [1.54, 1.807) is 0 Å². The summed E-state index contributed by atoms with van der Waals surface area (Å²) in [7, 11) is 0. The normalized spacial score (nSPS) is 14.0. The average molecular weight is 760 g/mol. The van der Waals surface area contributed by atoms with Gasteiger partial charge in [-0.25, -0.2) is 9.59 Å². The van der Waals surface area contributed by atoms with Gasteiger partial charge in [0.1, 0.15) is 11.5 Å². The molecule has 0 aliphatic rings. The molecule has 0 aliphatic heterocycles. The van der Waals surface area contributed by atoms with Gasteiger partial charge in [0.25, 0.3) is 0 Å². The number of hydrogen-bond acceptors (Lipinski definition) is 5. The number of benzene rings is 2. The molecular formula is C28H21F17O5. The highest BCUT2D eigenvalue weighted by Gasteiger charge is 2.95. The zero-order chi connectivity index (χ0) is 38.8. The van der Waals surface area contributed by atoms with Crippen LogP contribution in [-0.2, 0) is 4.74 Å². The van der Waals surface area contributed by atoms with Crippen LogP contribution < -0.4 is 9.47 Å². The number of halogens is 17. The molecule has 0 spiro atoms. The van der Waals surface area contributed by atoms with Gasteiger partial charge in [0.15, 0.2) is 0 Å². The molecule has 0 N–H and O–H groups in total. The fourth-order valence-corrected chi connectivity index (χ4v) is 3.56. The van der Waals surface area contributed by atoms with Crippen molar-refractivity contribution in [2.24, 2.45) is 0 Å². The van der Waals surface area contributed by atoms with E-state index in [-0.39, 0.29) is 11.3 Å². The third-order valence-corrected chi connectivity index (χ3v) is 6.59. The number of alkyl halides is 17. The molecule has 22 heteroatoms. The van der Waals surface area contributed by atoms with Crippen molar-refractivity contribution in [3.63, 3.8) is 0 Å². The summed E-state index contributed by atoms with van der Waals surface area (Å²) in [6.45, 7) is 0.262. The highest BCUT2D eigenvalue weighted by atomic mass is 19.4. The van der Waals surface area contributed by atoms with E-state index >= 15 is 0 Å². The zero-order valence-corrected chi connectivity index (χ0v) is 24.6. The number of ether oxygens (including phenoxy) is 3. The molecule has 2 aromatic carbocycles. The molecule has 282 valence electrons. The largest absolute Gasteiger partial charge is 0.494 e. The predicted molar refractivity (Wildman–Crippen MR) is 134 cm³/mol. The first-order valence-electron chi connectivity index (χ1n) is 13.5. The number of rotatable bonds is 16. The van der Waals surface area contributed by atoms with Gasteiger partial charge in [-0.05, 0) is 55.0 Å². The molecule has 2 rings (SSSR count). The molecule has 2 aromatic rings. The maximum absolute atomic E-state index is 14.0. The van der Waals surface area contributed by atoms with Gasteiger partial charge >= 0.3 is 59.6 Å². The molecule has 0 saturated heterocycles. The quantitative estimate of drug-likeness (QED) is 0.0739. The zero-order valence-electron chi connectivity index (χ0n) is 24.6. The Balaban J connectivity index is 2.11. The van der Waals surface area contributed by atoms with Crippen molar-refractivity contribution in [3.05, 3.63) is 59.7 Å². The van der Waals surface area contributed by atoms with Crippen LogP contribution in [0.5, 0.6) is 11.5 Å². The molecule has 0 heterocycles. The SMILES string of the molecule is CCCCOc1ccc(C(=O)Oc2ccc(C(=O)OCCC(F)(F)C(F)(F)C(F)(F)C(F)(F)C(F)(F)C(F)(F)C(F)(F)C(F)(F)F)cc2)cc1. The van der Waals surface area contributed by atoms with Gasteiger partial charge in [0, 0.05) is 0 Å². The molecule has 0 radical (unpaired) electrons. The fourth-order valence-electron chi connectivity index (χ4n) is 3.56. The van der Waals surface area contributed by atoms with E-state index in [1.165, 1.54) is 24.3 Å². The van der Waals surface area contributed by atoms with Crippen LogP contribution in [0.25, 0.3) is 0 Å². The summed E-state index contributed by atoms with van der Waals surface area (Å²) >= 11 is 0. The lowest BCUT2D eigenvalue weighted by atomic mass is 9.88. The summed E-state index contributed by atoms with van der Waals surface area (Å²) in [5, 5.41) is 0. The second-order valence-corrected chi connectivity index (χ2v) is 10.2. The van der Waals surface area contributed by atoms with E-state index < -0.39 is 78.2 Å². The topological polar surface area (TPSA) is 61.8 Å². The summed E-state index contributed by atoms with van der Waals surface area (Å²) in [4.78, 5) is 24.3. The summed E-state index contributed by atoms with van der Waals surface area (Å²) in [5.74, 6) is -59.7. The van der Waals surface area contributed by atoms with Gasteiger partial charge in [-0.1, -0.05) is 13.3 Å². The molecule has 5 nitrogen and oxygen atoms in total. The van der Waals surface area contributed by atoms with Crippen LogP contribution in [0.3, 0.4) is 0 Å². The first-order chi connectivity index (χ1) is 22.5. The maximum Gasteiger partial charge on any atom is 0.460 e. The van der Waals surface area contributed by atoms with Gasteiger partial charge in [0.2, 0.25) is 0 Å². The fraction of sp³-hybridized carbons (Fsp3) is 0.500. The van der Waals surface area contributed by atoms with Gasteiger partial charge in [-0.2, -0.15) is 74.6 Å². The molecule has 50 heavy (non-hydrogen) atoms. The monoisotopic (exact) mass is 760 g/mol. The minimum atomic E-state index is -8.73. The van der Waals surface area contributed by atoms with E-state index in [0.717, 1.165) is 37.1 Å². The van der Waals surface area contributed by atoms with E-state index in [1.807, 2.05) is 6.92 Å². The lowest BCUT2D eigenvalue weighted by Gasteiger charge is -2.42. The van der Waals surface area contributed by atoms with Gasteiger partial charge < -0.3 is 14.2 Å². The summed E-state index contributed by atoms with van der Waals surface area (Å²) in [5.41, 5.74) is -0.591. The van der Waals surface area contributed by atoms with Crippen molar-refractivity contribution in [2.45, 2.75) is 73.8 Å². The molecule has 0 saturated carbocycles. The highest BCUT2D eigenvalue weighted by Crippen LogP contribution is 2.64. The minimum absolute atomic E-state index is 0.0362. The lowest BCUT2D eigenvalue weighted by Crippen LogP contribution is -2.74. The maximum atomic E-state index is 14.0. The third-order valence-electron chi connectivity index (χ3n) is 6.59. The molecule has 0 unspecified atom stereocenters. The van der Waals surface area contributed by atoms with Crippen LogP contribution in [0.15, 0.2) is 48.5 Å². The predicted octanol–water partition coefficient (Wildman–Crippen LogP) is 9.64. The molecular weight excluding hydrogens is 739 g/mol. The molecule has 0 amide bonds. The second kappa shape index (κ2) is 14.3. The van der Waals surface area contributed by atoms with Crippen LogP contribution in [0.4, 0.5) is 74.6 Å². The Morgan fingerprint density at radius 2 is 0.920 bits per heavy atom. The molecule has 0 aromatic heterocycles. The molecule has 0 atom stereocenters. The second-order valence-electron chi connectivity index (χ2n) is 10.2. The molecule has 0 fully saturated rings. The van der Waals surface area contributed by atoms with Crippen LogP contribution in [0.2, 0.25) is 0 Å². The first kappa shape index (κ1) is 42.2. The summed E-state index contributed by atoms with van der Waals surface area (Å²) in [6, 6.07) is 9.03. The Bertz CT molecular complexity index is 1470. The third kappa shape index (κ3) is 7.66. The van der Waals surface area contributed by atoms with Crippen LogP contribution in [0.1, 0.15) is 46.9 Å². The first-order valence-corrected chi connectivity index (χ1v) is 13.5. The van der Waals surface area contributed by atoms with E-state index in [0.29, 0.717) is 12.4 Å². The van der Waals surface area contributed by atoms with Crippen molar-refractivity contribution < 1.29 is 98.4 Å². The van der Waals surface area contributed by atoms with E-state index in [4.69, 9.17) is 9.47 Å². The van der Waals surface area contributed by atoms with Crippen molar-refractivity contribution in [2.75, 3.05) is 13.2 Å². The van der Waals surface area contributed by atoms with Gasteiger partial charge in [-0.3, -0.25) is 0 Å². The molecule has 0 aliphatic carbocycles. The lowest BCUT2D eigenvalue weighted by molar-refractivity contribution is -0.461. The molecule has 0 bridgehead atoms. The van der Waals surface area contributed by atoms with Crippen LogP contribution >= 0.6 is 0 Å². The standard InChI is InChI=1S/C28H21F17O5/c1-2-3-13-48-17-8-4-16(5-9-17)20(47)50-18-10-6-15(7-11-18)19(46)49-14-12-21(29,30)22(31,32)23(33,34)24(35,36)25(37,38)26(39,40)27(41,42)28(43,44)45/h4-11H,2-3,12-14H2,1H3. The van der Waals surface area contributed by atoms with E-state index in [2.05, 4.69) is 4.74 Å². The Kier molecular flexibility index (Phi) is 12.1. The van der Waals surface area contributed by atoms with Crippen LogP contribution in [-0.4, -0.2) is 72.8 Å². The van der Waals surface area contributed by atoms with Gasteiger partial charge in [-0.15, -0.1) is 0 Å². The number of hydrogen-bond donors (Lipinski definition) is 0. The summed E-state index contributed by atoms with van der Waals surface area (Å²) < 4.78 is 242. The number of unbranched alkanes of at least 4 members (excludes halogenated alkanes) is 1. The Morgan fingerprint density at radius 3 is 1.36 bits per heavy atom. The smallest absolute Gasteiger partial charge is 0.460 e. The Hall–Kier alpha value is -4.01. The van der Waals surface area contributed by atoms with Crippen LogP contribution in [0, 0.1) is 0 Å². The Morgan fingerprint density at radius 1 is 0.520 bits per heavy atom. The van der Waals surface area contributed by atoms with Gasteiger partial charge in [0.05, 0.1) is 30.8 Å². The number of carbonyl (C=O) groups is 2. The highest BCUT2D eigenvalue weighted by molar-refractivity contribution is 5.92. The average Bonchev–Trinajstić information content (AvgIpc) is 3.00. The summed E-state index contributed by atoms with van der Waals surface area (Å²) in [6.07, 6.45) is -9.13. The van der Waals surface area contributed by atoms with Crippen molar-refractivity contribution in [3.8, 4) is 11.5 Å². The van der Waals surface area contributed by atoms with Crippen molar-refractivity contribution in [1.29, 1.82) is 0 Å². The van der Waals surface area contributed by atoms with E-state index in [9.17, 15) is 84.2 Å². The van der Waals surface area contributed by atoms with Crippen molar-refractivity contribution >= 4 is 11.9 Å². The number of carbonyl (C=O) groups excluding carboxylic acids is 2. The Labute approximate surface area is 269 Å². The minimum Gasteiger partial charge on any atom is -0.494 e. The number of esters is 2. The van der Waals surface area contributed by atoms with Crippen molar-refractivity contribution in [1.82, 2.24) is 0 Å².